The van der Waals surface area contributed by atoms with Crippen molar-refractivity contribution in [2.45, 2.75) is 51.7 Å². The van der Waals surface area contributed by atoms with Crippen LogP contribution >= 0.6 is 15.9 Å². The largest absolute Gasteiger partial charge is 0.488 e. The van der Waals surface area contributed by atoms with Gasteiger partial charge in [0.05, 0.1) is 6.54 Å². The number of rotatable bonds is 2. The van der Waals surface area contributed by atoms with Gasteiger partial charge in [0.1, 0.15) is 17.5 Å². The molecule has 2 rings (SSSR count). The Morgan fingerprint density at radius 1 is 1.48 bits per heavy atom. The molecular weight excluding hydrogens is 334 g/mol. The van der Waals surface area contributed by atoms with Crippen molar-refractivity contribution in [3.63, 3.8) is 0 Å². The average Bonchev–Trinajstić information content (AvgIpc) is 2.35. The topological polar surface area (TPSA) is 47.6 Å². The number of hydrogen-bond acceptors (Lipinski definition) is 3. The van der Waals surface area contributed by atoms with Crippen molar-refractivity contribution < 1.29 is 14.3 Å². The van der Waals surface area contributed by atoms with E-state index >= 15 is 0 Å². The molecule has 1 amide bonds. The van der Waals surface area contributed by atoms with Crippen LogP contribution in [0.4, 0.5) is 4.79 Å². The molecule has 116 valence electrons. The van der Waals surface area contributed by atoms with E-state index in [4.69, 9.17) is 9.47 Å². The van der Waals surface area contributed by atoms with E-state index in [0.717, 1.165) is 16.6 Å². The van der Waals surface area contributed by atoms with Crippen LogP contribution in [-0.4, -0.2) is 24.3 Å². The van der Waals surface area contributed by atoms with Gasteiger partial charge in [-0.25, -0.2) is 4.79 Å². The number of ether oxygens (including phenoxy) is 2. The molecule has 0 aromatic heterocycles. The second kappa shape index (κ2) is 6.26. The maximum absolute atomic E-state index is 11.7. The van der Waals surface area contributed by atoms with Crippen molar-refractivity contribution in [2.75, 3.05) is 6.54 Å². The molecule has 0 spiro atoms. The molecule has 1 heterocycles. The lowest BCUT2D eigenvalue weighted by Crippen LogP contribution is -2.40. The number of benzene rings is 1. The Morgan fingerprint density at radius 3 is 2.86 bits per heavy atom. The summed E-state index contributed by atoms with van der Waals surface area (Å²) in [4.78, 5) is 11.7. The maximum Gasteiger partial charge on any atom is 0.407 e. The molecule has 2 atom stereocenters. The molecule has 0 saturated heterocycles. The first-order valence-electron chi connectivity index (χ1n) is 7.17. The second-order valence-corrected chi connectivity index (χ2v) is 7.36. The zero-order valence-corrected chi connectivity index (χ0v) is 14.5. The molecule has 2 unspecified atom stereocenters. The molecule has 0 bridgehead atoms. The van der Waals surface area contributed by atoms with Crippen LogP contribution in [0.2, 0.25) is 0 Å². The van der Waals surface area contributed by atoms with Crippen LogP contribution in [0.3, 0.4) is 0 Å². The predicted octanol–water partition coefficient (Wildman–Crippen LogP) is 4.23. The fraction of sp³-hybridized carbons (Fsp3) is 0.562. The highest BCUT2D eigenvalue weighted by Crippen LogP contribution is 2.37. The summed E-state index contributed by atoms with van der Waals surface area (Å²) in [7, 11) is 0. The highest BCUT2D eigenvalue weighted by Gasteiger charge is 2.26. The maximum atomic E-state index is 11.7. The molecule has 0 radical (unpaired) electrons. The zero-order chi connectivity index (χ0) is 15.6. The van der Waals surface area contributed by atoms with Gasteiger partial charge in [-0.3, -0.25) is 0 Å². The van der Waals surface area contributed by atoms with Crippen LogP contribution in [0.5, 0.6) is 5.75 Å². The lowest BCUT2D eigenvalue weighted by Gasteiger charge is -2.31. The summed E-state index contributed by atoms with van der Waals surface area (Å²) < 4.78 is 12.2. The quantitative estimate of drug-likeness (QED) is 0.863. The van der Waals surface area contributed by atoms with Gasteiger partial charge in [-0.05, 0) is 56.9 Å². The lowest BCUT2D eigenvalue weighted by molar-refractivity contribution is 0.0491. The van der Waals surface area contributed by atoms with Crippen molar-refractivity contribution in [1.82, 2.24) is 5.32 Å². The van der Waals surface area contributed by atoms with Crippen LogP contribution in [-0.2, 0) is 4.74 Å². The summed E-state index contributed by atoms with van der Waals surface area (Å²) in [6.45, 7) is 8.17. The highest BCUT2D eigenvalue weighted by molar-refractivity contribution is 9.10. The Kier molecular flexibility index (Phi) is 4.81. The van der Waals surface area contributed by atoms with Crippen molar-refractivity contribution in [3.8, 4) is 5.75 Å². The summed E-state index contributed by atoms with van der Waals surface area (Å²) in [6, 6.07) is 6.03. The Balaban J connectivity index is 1.93. The molecule has 4 nitrogen and oxygen atoms in total. The summed E-state index contributed by atoms with van der Waals surface area (Å²) in [6.07, 6.45) is 0.445. The molecule has 1 aliphatic heterocycles. The smallest absolute Gasteiger partial charge is 0.407 e. The van der Waals surface area contributed by atoms with E-state index in [1.165, 1.54) is 5.56 Å². The van der Waals surface area contributed by atoms with Crippen molar-refractivity contribution in [1.29, 1.82) is 0 Å². The molecule has 5 heteroatoms. The van der Waals surface area contributed by atoms with Gasteiger partial charge in [0, 0.05) is 4.47 Å². The number of halogens is 1. The fourth-order valence-electron chi connectivity index (χ4n) is 2.40. The third-order valence-electron chi connectivity index (χ3n) is 3.29. The molecule has 0 aliphatic carbocycles. The zero-order valence-electron chi connectivity index (χ0n) is 12.9. The Labute approximate surface area is 134 Å². The summed E-state index contributed by atoms with van der Waals surface area (Å²) in [5, 5.41) is 2.78. The lowest BCUT2D eigenvalue weighted by atomic mass is 9.91. The third-order valence-corrected chi connectivity index (χ3v) is 3.78. The van der Waals surface area contributed by atoms with Gasteiger partial charge in [-0.2, -0.15) is 0 Å². The SMILES string of the molecule is CC1CC(CNC(=O)OC(C)(C)C)Oc2ccc(Br)cc21. The number of amides is 1. The van der Waals surface area contributed by atoms with Gasteiger partial charge in [-0.1, -0.05) is 22.9 Å². The van der Waals surface area contributed by atoms with Gasteiger partial charge in [0.2, 0.25) is 0 Å². The molecule has 1 aromatic rings. The van der Waals surface area contributed by atoms with E-state index < -0.39 is 11.7 Å². The normalized spacial score (nSPS) is 21.2. The number of hydrogen-bond donors (Lipinski definition) is 1. The molecule has 0 fully saturated rings. The van der Waals surface area contributed by atoms with Crippen LogP contribution in [0.15, 0.2) is 22.7 Å². The number of carbonyl (C=O) groups excluding carboxylic acids is 1. The third kappa shape index (κ3) is 4.63. The Bertz CT molecular complexity index is 525. The van der Waals surface area contributed by atoms with Gasteiger partial charge in [-0.15, -0.1) is 0 Å². The van der Waals surface area contributed by atoms with Crippen molar-refractivity contribution in [2.24, 2.45) is 0 Å². The molecule has 0 saturated carbocycles. The minimum Gasteiger partial charge on any atom is -0.488 e. The van der Waals surface area contributed by atoms with Crippen LogP contribution in [0.25, 0.3) is 0 Å². The monoisotopic (exact) mass is 355 g/mol. The molecule has 1 aliphatic rings. The van der Waals surface area contributed by atoms with E-state index in [0.29, 0.717) is 12.5 Å². The Hall–Kier alpha value is -1.23. The standard InChI is InChI=1S/C16H22BrNO3/c1-10-7-12(9-18-15(19)21-16(2,3)4)20-14-6-5-11(17)8-13(10)14/h5-6,8,10,12H,7,9H2,1-4H3,(H,18,19). The fourth-order valence-corrected chi connectivity index (χ4v) is 2.78. The van der Waals surface area contributed by atoms with Gasteiger partial charge < -0.3 is 14.8 Å². The number of fused-ring (bicyclic) bond motifs is 1. The minimum atomic E-state index is -0.482. The number of nitrogens with one attached hydrogen (secondary N) is 1. The van der Waals surface area contributed by atoms with Crippen molar-refractivity contribution in [3.05, 3.63) is 28.2 Å². The summed E-state index contributed by atoms with van der Waals surface area (Å²) in [5.41, 5.74) is 0.724. The van der Waals surface area contributed by atoms with Gasteiger partial charge in [0.25, 0.3) is 0 Å². The average molecular weight is 356 g/mol. The van der Waals surface area contributed by atoms with Gasteiger partial charge >= 0.3 is 6.09 Å². The first-order valence-corrected chi connectivity index (χ1v) is 7.97. The molecular formula is C16H22BrNO3. The second-order valence-electron chi connectivity index (χ2n) is 6.44. The molecule has 1 N–H and O–H groups in total. The van der Waals surface area contributed by atoms with Crippen LogP contribution in [0, 0.1) is 0 Å². The Morgan fingerprint density at radius 2 is 2.19 bits per heavy atom. The van der Waals surface area contributed by atoms with E-state index in [1.54, 1.807) is 0 Å². The number of alkyl carbamates (subject to hydrolysis) is 1. The first-order chi connectivity index (χ1) is 9.74. The van der Waals surface area contributed by atoms with Gasteiger partial charge in [0.15, 0.2) is 0 Å². The van der Waals surface area contributed by atoms with E-state index in [-0.39, 0.29) is 6.10 Å². The molecule has 1 aromatic carbocycles. The summed E-state index contributed by atoms with van der Waals surface area (Å²) >= 11 is 3.48. The highest BCUT2D eigenvalue weighted by atomic mass is 79.9. The minimum absolute atomic E-state index is 0.0267. The number of carbonyl (C=O) groups is 1. The van der Waals surface area contributed by atoms with Crippen molar-refractivity contribution >= 4 is 22.0 Å². The van der Waals surface area contributed by atoms with Crippen LogP contribution in [0.1, 0.15) is 45.6 Å². The van der Waals surface area contributed by atoms with E-state index in [9.17, 15) is 4.79 Å². The predicted molar refractivity (Wildman–Crippen MR) is 85.8 cm³/mol. The first kappa shape index (κ1) is 16.1. The summed E-state index contributed by atoms with van der Waals surface area (Å²) in [5.74, 6) is 1.30. The van der Waals surface area contributed by atoms with E-state index in [1.807, 2.05) is 32.9 Å². The van der Waals surface area contributed by atoms with Crippen LogP contribution < -0.4 is 10.1 Å². The van der Waals surface area contributed by atoms with E-state index in [2.05, 4.69) is 34.2 Å². The molecule has 21 heavy (non-hydrogen) atoms.